The van der Waals surface area contributed by atoms with Gasteiger partial charge in [0.25, 0.3) is 5.56 Å². The number of ether oxygens (including phenoxy) is 1. The van der Waals surface area contributed by atoms with Crippen LogP contribution in [0.3, 0.4) is 0 Å². The number of benzene rings is 2. The van der Waals surface area contributed by atoms with Gasteiger partial charge in [-0.1, -0.05) is 36.2 Å². The van der Waals surface area contributed by atoms with E-state index in [0.717, 1.165) is 24.1 Å². The Labute approximate surface area is 186 Å². The van der Waals surface area contributed by atoms with Gasteiger partial charge in [0.2, 0.25) is 0 Å². The molecule has 0 unspecified atom stereocenters. The number of fused-ring (bicyclic) bond motifs is 3. The van der Waals surface area contributed by atoms with E-state index in [2.05, 4.69) is 23.7 Å². The third-order valence-corrected chi connectivity index (χ3v) is 6.50. The van der Waals surface area contributed by atoms with E-state index in [1.54, 1.807) is 16.8 Å². The third kappa shape index (κ3) is 3.88. The van der Waals surface area contributed by atoms with E-state index in [-0.39, 0.29) is 5.56 Å². The van der Waals surface area contributed by atoms with E-state index >= 15 is 0 Å². The summed E-state index contributed by atoms with van der Waals surface area (Å²) in [7, 11) is 2.15. The summed E-state index contributed by atoms with van der Waals surface area (Å²) < 4.78 is 9.79. The molecule has 2 aromatic carbocycles. The molecule has 1 aliphatic carbocycles. The van der Waals surface area contributed by atoms with Crippen LogP contribution >= 0.6 is 11.6 Å². The van der Waals surface area contributed by atoms with Crippen LogP contribution in [0.15, 0.2) is 65.6 Å². The number of aromatic nitrogens is 2. The first-order valence-corrected chi connectivity index (χ1v) is 11.2. The number of aryl methyl sites for hydroxylation is 2. The van der Waals surface area contributed by atoms with Gasteiger partial charge in [-0.05, 0) is 67.1 Å². The van der Waals surface area contributed by atoms with Gasteiger partial charge < -0.3 is 9.30 Å². The highest BCUT2D eigenvalue weighted by molar-refractivity contribution is 6.30. The van der Waals surface area contributed by atoms with Crippen molar-refractivity contribution in [1.29, 1.82) is 0 Å². The van der Waals surface area contributed by atoms with Crippen LogP contribution in [-0.2, 0) is 26.5 Å². The Morgan fingerprint density at radius 2 is 1.77 bits per heavy atom. The largest absolute Gasteiger partial charge is 0.489 e. The summed E-state index contributed by atoms with van der Waals surface area (Å²) in [6, 6.07) is 17.2. The fourth-order valence-corrected chi connectivity index (χ4v) is 4.71. The van der Waals surface area contributed by atoms with E-state index in [1.807, 2.05) is 36.4 Å². The van der Waals surface area contributed by atoms with Crippen molar-refractivity contribution in [2.75, 3.05) is 0 Å². The number of halogens is 1. The van der Waals surface area contributed by atoms with Crippen molar-refractivity contribution < 1.29 is 4.74 Å². The van der Waals surface area contributed by atoms with Crippen LogP contribution in [0.2, 0.25) is 5.02 Å². The Morgan fingerprint density at radius 3 is 2.58 bits per heavy atom. The fraction of sp³-hybridized carbons (Fsp3) is 0.269. The summed E-state index contributed by atoms with van der Waals surface area (Å²) in [5, 5.41) is 2.01. The van der Waals surface area contributed by atoms with Crippen LogP contribution in [0.4, 0.5) is 0 Å². The predicted molar refractivity (Wildman–Crippen MR) is 126 cm³/mol. The van der Waals surface area contributed by atoms with Gasteiger partial charge in [-0.25, -0.2) is 0 Å². The van der Waals surface area contributed by atoms with Gasteiger partial charge in [-0.3, -0.25) is 9.36 Å². The minimum Gasteiger partial charge on any atom is -0.489 e. The summed E-state index contributed by atoms with van der Waals surface area (Å²) in [5.41, 5.74) is 5.89. The molecule has 0 spiro atoms. The van der Waals surface area contributed by atoms with Crippen LogP contribution < -0.4 is 10.3 Å². The van der Waals surface area contributed by atoms with Gasteiger partial charge in [-0.2, -0.15) is 0 Å². The smallest absolute Gasteiger partial charge is 0.258 e. The van der Waals surface area contributed by atoms with Crippen molar-refractivity contribution in [3.8, 4) is 11.4 Å². The molecule has 5 heteroatoms. The molecule has 5 rings (SSSR count). The van der Waals surface area contributed by atoms with Crippen molar-refractivity contribution in [1.82, 2.24) is 9.13 Å². The van der Waals surface area contributed by atoms with Gasteiger partial charge >= 0.3 is 0 Å². The molecule has 0 N–H and O–H groups in total. The minimum absolute atomic E-state index is 0.108. The molecule has 2 heterocycles. The molecule has 0 radical (unpaired) electrons. The van der Waals surface area contributed by atoms with Gasteiger partial charge in [0.1, 0.15) is 12.4 Å². The Bertz CT molecular complexity index is 1300. The van der Waals surface area contributed by atoms with Crippen LogP contribution in [0.1, 0.15) is 36.1 Å². The summed E-state index contributed by atoms with van der Waals surface area (Å²) in [5.74, 6) is 0.558. The summed E-state index contributed by atoms with van der Waals surface area (Å²) in [6.07, 6.45) is 7.87. The van der Waals surface area contributed by atoms with E-state index in [4.69, 9.17) is 16.3 Å². The Kier molecular flexibility index (Phi) is 5.33. The van der Waals surface area contributed by atoms with Gasteiger partial charge in [0, 0.05) is 35.4 Å². The molecule has 0 atom stereocenters. The number of rotatable bonds is 4. The average molecular weight is 433 g/mol. The monoisotopic (exact) mass is 432 g/mol. The summed E-state index contributed by atoms with van der Waals surface area (Å²) in [6.45, 7) is 0.390. The summed E-state index contributed by atoms with van der Waals surface area (Å²) in [4.78, 5) is 12.8. The molecule has 4 nitrogen and oxygen atoms in total. The molecule has 0 fully saturated rings. The molecule has 0 aliphatic heterocycles. The molecule has 0 amide bonds. The van der Waals surface area contributed by atoms with E-state index in [1.165, 1.54) is 41.4 Å². The van der Waals surface area contributed by atoms with Crippen LogP contribution in [0.5, 0.6) is 5.75 Å². The van der Waals surface area contributed by atoms with Gasteiger partial charge in [-0.15, -0.1) is 0 Å². The van der Waals surface area contributed by atoms with Crippen molar-refractivity contribution in [3.05, 3.63) is 93.0 Å². The van der Waals surface area contributed by atoms with Crippen molar-refractivity contribution in [2.45, 2.75) is 38.7 Å². The lowest BCUT2D eigenvalue weighted by molar-refractivity contribution is 0.305. The first-order valence-electron chi connectivity index (χ1n) is 10.8. The van der Waals surface area contributed by atoms with Crippen LogP contribution in [0.25, 0.3) is 16.6 Å². The first kappa shape index (κ1) is 20.0. The molecule has 4 aromatic rings. The topological polar surface area (TPSA) is 36.2 Å². The second-order valence-corrected chi connectivity index (χ2v) is 8.67. The number of nitrogens with zero attached hydrogens (tertiary/aromatic N) is 2. The highest BCUT2D eigenvalue weighted by Gasteiger charge is 2.17. The van der Waals surface area contributed by atoms with Crippen molar-refractivity contribution >= 4 is 22.5 Å². The lowest BCUT2D eigenvalue weighted by atomic mass is 10.1. The standard InChI is InChI=1S/C26H25ClN2O2/c1-28-24-6-4-2-3-5-22(24)23-12-11-20(15-25(23)28)29-14-13-21(16-26(29)30)31-17-18-7-9-19(27)10-8-18/h7-16H,2-6,17H2,1H3. The Balaban J connectivity index is 1.42. The molecule has 2 aromatic heterocycles. The normalized spacial score (nSPS) is 13.7. The number of pyridine rings is 1. The lowest BCUT2D eigenvalue weighted by Gasteiger charge is -2.10. The zero-order chi connectivity index (χ0) is 21.4. The maximum atomic E-state index is 12.8. The van der Waals surface area contributed by atoms with Crippen molar-refractivity contribution in [2.24, 2.45) is 7.05 Å². The molecule has 0 bridgehead atoms. The Morgan fingerprint density at radius 1 is 0.968 bits per heavy atom. The SMILES string of the molecule is Cn1c2c(c3ccc(-n4ccc(OCc5ccc(Cl)cc5)cc4=O)cc31)CCCCC2. The first-order chi connectivity index (χ1) is 15.1. The third-order valence-electron chi connectivity index (χ3n) is 6.25. The highest BCUT2D eigenvalue weighted by atomic mass is 35.5. The van der Waals surface area contributed by atoms with Gasteiger partial charge in [0.05, 0.1) is 11.2 Å². The van der Waals surface area contributed by atoms with Crippen LogP contribution in [0, 0.1) is 0 Å². The molecule has 0 saturated carbocycles. The average Bonchev–Trinajstić information content (AvgIpc) is 2.93. The van der Waals surface area contributed by atoms with Crippen LogP contribution in [-0.4, -0.2) is 9.13 Å². The maximum absolute atomic E-state index is 12.8. The quantitative estimate of drug-likeness (QED) is 0.380. The fourth-order valence-electron chi connectivity index (χ4n) is 4.59. The van der Waals surface area contributed by atoms with E-state index in [9.17, 15) is 4.79 Å². The van der Waals surface area contributed by atoms with Crippen molar-refractivity contribution in [3.63, 3.8) is 0 Å². The molecule has 158 valence electrons. The second kappa shape index (κ2) is 8.27. The molecule has 0 saturated heterocycles. The summed E-state index contributed by atoms with van der Waals surface area (Å²) >= 11 is 5.92. The lowest BCUT2D eigenvalue weighted by Crippen LogP contribution is -2.16. The molecule has 31 heavy (non-hydrogen) atoms. The molecular formula is C26H25ClN2O2. The predicted octanol–water partition coefficient (Wildman–Crippen LogP) is 5.83. The zero-order valence-electron chi connectivity index (χ0n) is 17.6. The Hall–Kier alpha value is -2.98. The molecule has 1 aliphatic rings. The minimum atomic E-state index is -0.108. The van der Waals surface area contributed by atoms with Gasteiger partial charge in [0.15, 0.2) is 0 Å². The second-order valence-electron chi connectivity index (χ2n) is 8.23. The number of hydrogen-bond acceptors (Lipinski definition) is 2. The van der Waals surface area contributed by atoms with E-state index in [0.29, 0.717) is 17.4 Å². The molecular weight excluding hydrogens is 408 g/mol. The highest BCUT2D eigenvalue weighted by Crippen LogP contribution is 2.31. The van der Waals surface area contributed by atoms with E-state index < -0.39 is 0 Å². The maximum Gasteiger partial charge on any atom is 0.258 e. The number of hydrogen-bond donors (Lipinski definition) is 0. The zero-order valence-corrected chi connectivity index (χ0v) is 18.4.